The van der Waals surface area contributed by atoms with Crippen molar-refractivity contribution in [1.82, 2.24) is 5.32 Å². The van der Waals surface area contributed by atoms with Crippen LogP contribution in [0.2, 0.25) is 0 Å². The lowest BCUT2D eigenvalue weighted by atomic mass is 9.95. The topological polar surface area (TPSA) is 29.1 Å². The molecule has 0 aliphatic heterocycles. The Labute approximate surface area is 120 Å². The zero-order valence-corrected chi connectivity index (χ0v) is 12.3. The summed E-state index contributed by atoms with van der Waals surface area (Å²) in [5.74, 6) is 0.319. The molecule has 0 unspecified atom stereocenters. The van der Waals surface area contributed by atoms with Gasteiger partial charge < -0.3 is 5.32 Å². The normalized spacial score (nSPS) is 12.2. The molecule has 0 bridgehead atoms. The molecule has 104 valence electrons. The average Bonchev–Trinajstić information content (AvgIpc) is 2.46. The van der Waals surface area contributed by atoms with Crippen LogP contribution in [-0.2, 0) is 0 Å². The first-order valence-electron chi connectivity index (χ1n) is 7.00. The zero-order valence-electron chi connectivity index (χ0n) is 12.3. The summed E-state index contributed by atoms with van der Waals surface area (Å²) < 4.78 is 0. The molecule has 2 rings (SSSR count). The van der Waals surface area contributed by atoms with Gasteiger partial charge in [-0.3, -0.25) is 4.79 Å². The molecule has 2 nitrogen and oxygen atoms in total. The first kappa shape index (κ1) is 14.3. The van der Waals surface area contributed by atoms with Gasteiger partial charge in [-0.2, -0.15) is 0 Å². The molecule has 2 heteroatoms. The third kappa shape index (κ3) is 3.47. The van der Waals surface area contributed by atoms with E-state index in [9.17, 15) is 4.79 Å². The van der Waals surface area contributed by atoms with Gasteiger partial charge in [-0.05, 0) is 30.5 Å². The lowest BCUT2D eigenvalue weighted by Crippen LogP contribution is -2.31. The van der Waals surface area contributed by atoms with Crippen molar-refractivity contribution in [2.45, 2.75) is 26.8 Å². The molecule has 2 aromatic rings. The molecule has 0 fully saturated rings. The molecule has 0 spiro atoms. The van der Waals surface area contributed by atoms with Gasteiger partial charge in [-0.25, -0.2) is 0 Å². The second-order valence-corrected chi connectivity index (χ2v) is 5.47. The largest absolute Gasteiger partial charge is 0.345 e. The highest BCUT2D eigenvalue weighted by molar-refractivity contribution is 5.94. The molecule has 1 N–H and O–H groups in total. The number of carbonyl (C=O) groups excluding carboxylic acids is 1. The lowest BCUT2D eigenvalue weighted by Gasteiger charge is -2.23. The summed E-state index contributed by atoms with van der Waals surface area (Å²) >= 11 is 0. The fraction of sp³-hybridized carbons (Fsp3) is 0.278. The van der Waals surface area contributed by atoms with E-state index < -0.39 is 0 Å². The van der Waals surface area contributed by atoms with Gasteiger partial charge in [0.15, 0.2) is 0 Å². The number of amides is 1. The predicted molar refractivity (Wildman–Crippen MR) is 82.7 cm³/mol. The van der Waals surface area contributed by atoms with Crippen LogP contribution in [0.3, 0.4) is 0 Å². The lowest BCUT2D eigenvalue weighted by molar-refractivity contribution is 0.0925. The van der Waals surface area contributed by atoms with E-state index >= 15 is 0 Å². The molecule has 0 saturated carbocycles. The Morgan fingerprint density at radius 1 is 0.950 bits per heavy atom. The van der Waals surface area contributed by atoms with E-state index in [1.807, 2.05) is 49.4 Å². The highest BCUT2D eigenvalue weighted by Crippen LogP contribution is 2.21. The molecule has 0 aliphatic carbocycles. The molecular weight excluding hydrogens is 246 g/mol. The second kappa shape index (κ2) is 6.38. The van der Waals surface area contributed by atoms with Crippen molar-refractivity contribution in [2.24, 2.45) is 5.92 Å². The van der Waals surface area contributed by atoms with Gasteiger partial charge in [0.25, 0.3) is 5.91 Å². The summed E-state index contributed by atoms with van der Waals surface area (Å²) in [7, 11) is 0. The molecule has 0 saturated heterocycles. The van der Waals surface area contributed by atoms with E-state index in [1.165, 1.54) is 0 Å². The summed E-state index contributed by atoms with van der Waals surface area (Å²) in [5.41, 5.74) is 3.00. The Balaban J connectivity index is 2.17. The van der Waals surface area contributed by atoms with Gasteiger partial charge in [0.2, 0.25) is 0 Å². The second-order valence-electron chi connectivity index (χ2n) is 5.47. The highest BCUT2D eigenvalue weighted by Gasteiger charge is 2.18. The molecule has 20 heavy (non-hydrogen) atoms. The molecule has 0 heterocycles. The Hall–Kier alpha value is -2.09. The summed E-state index contributed by atoms with van der Waals surface area (Å²) in [6.45, 7) is 6.25. The maximum absolute atomic E-state index is 12.3. The van der Waals surface area contributed by atoms with Crippen molar-refractivity contribution in [3.63, 3.8) is 0 Å². The monoisotopic (exact) mass is 267 g/mol. The summed E-state index contributed by atoms with van der Waals surface area (Å²) in [6.07, 6.45) is 0. The van der Waals surface area contributed by atoms with Gasteiger partial charge in [-0.15, -0.1) is 0 Å². The Morgan fingerprint density at radius 2 is 1.55 bits per heavy atom. The first-order valence-corrected chi connectivity index (χ1v) is 7.00. The maximum Gasteiger partial charge on any atom is 0.251 e. The van der Waals surface area contributed by atoms with Gasteiger partial charge >= 0.3 is 0 Å². The zero-order chi connectivity index (χ0) is 14.5. The quantitative estimate of drug-likeness (QED) is 0.887. The number of hydrogen-bond acceptors (Lipinski definition) is 1. The fourth-order valence-corrected chi connectivity index (χ4v) is 2.22. The van der Waals surface area contributed by atoms with Gasteiger partial charge in [0.1, 0.15) is 0 Å². The summed E-state index contributed by atoms with van der Waals surface area (Å²) in [4.78, 5) is 12.3. The number of rotatable bonds is 4. The van der Waals surface area contributed by atoms with E-state index in [-0.39, 0.29) is 11.9 Å². The van der Waals surface area contributed by atoms with Crippen molar-refractivity contribution in [3.8, 4) is 0 Å². The third-order valence-electron chi connectivity index (χ3n) is 3.43. The van der Waals surface area contributed by atoms with Crippen LogP contribution in [0.25, 0.3) is 0 Å². The van der Waals surface area contributed by atoms with Crippen LogP contribution in [0.15, 0.2) is 54.6 Å². The SMILES string of the molecule is Cc1ccc(C(=O)N[C@H](c2ccccc2)C(C)C)cc1. The minimum atomic E-state index is -0.0208. The predicted octanol–water partition coefficient (Wildman–Crippen LogP) is 4.12. The van der Waals surface area contributed by atoms with Crippen LogP contribution >= 0.6 is 0 Å². The van der Waals surface area contributed by atoms with Gasteiger partial charge in [0.05, 0.1) is 6.04 Å². The summed E-state index contributed by atoms with van der Waals surface area (Å²) in [6, 6.07) is 17.8. The van der Waals surface area contributed by atoms with Crippen LogP contribution < -0.4 is 5.32 Å². The van der Waals surface area contributed by atoms with E-state index in [0.717, 1.165) is 11.1 Å². The fourth-order valence-electron chi connectivity index (χ4n) is 2.22. The standard InChI is InChI=1S/C18H21NO/c1-13(2)17(15-7-5-4-6-8-15)19-18(20)16-11-9-14(3)10-12-16/h4-13,17H,1-3H3,(H,19,20)/t17-/m0/s1. The Morgan fingerprint density at radius 3 is 2.10 bits per heavy atom. The number of hydrogen-bond donors (Lipinski definition) is 1. The van der Waals surface area contributed by atoms with E-state index in [4.69, 9.17) is 0 Å². The van der Waals surface area contributed by atoms with E-state index in [2.05, 4.69) is 31.3 Å². The molecule has 0 aliphatic rings. The average molecular weight is 267 g/mol. The van der Waals surface area contributed by atoms with Crippen molar-refractivity contribution < 1.29 is 4.79 Å². The third-order valence-corrected chi connectivity index (χ3v) is 3.43. The van der Waals surface area contributed by atoms with E-state index in [1.54, 1.807) is 0 Å². The van der Waals surface area contributed by atoms with Crippen molar-refractivity contribution in [2.75, 3.05) is 0 Å². The Kier molecular flexibility index (Phi) is 4.57. The molecule has 1 atom stereocenters. The highest BCUT2D eigenvalue weighted by atomic mass is 16.1. The van der Waals surface area contributed by atoms with Crippen molar-refractivity contribution in [3.05, 3.63) is 71.3 Å². The number of nitrogens with one attached hydrogen (secondary N) is 1. The van der Waals surface area contributed by atoms with Gasteiger partial charge in [0, 0.05) is 5.56 Å². The number of aryl methyl sites for hydroxylation is 1. The van der Waals surface area contributed by atoms with Crippen LogP contribution in [0.5, 0.6) is 0 Å². The Bertz CT molecular complexity index is 558. The molecule has 0 aromatic heterocycles. The molecule has 1 amide bonds. The maximum atomic E-state index is 12.3. The minimum Gasteiger partial charge on any atom is -0.345 e. The minimum absolute atomic E-state index is 0.0208. The van der Waals surface area contributed by atoms with Crippen molar-refractivity contribution >= 4 is 5.91 Å². The van der Waals surface area contributed by atoms with E-state index in [0.29, 0.717) is 11.5 Å². The van der Waals surface area contributed by atoms with Gasteiger partial charge in [-0.1, -0.05) is 61.9 Å². The summed E-state index contributed by atoms with van der Waals surface area (Å²) in [5, 5.41) is 3.13. The molecule has 2 aromatic carbocycles. The number of benzene rings is 2. The van der Waals surface area contributed by atoms with Crippen LogP contribution in [-0.4, -0.2) is 5.91 Å². The van der Waals surface area contributed by atoms with Crippen LogP contribution in [0, 0.1) is 12.8 Å². The first-order chi connectivity index (χ1) is 9.58. The molecule has 0 radical (unpaired) electrons. The number of carbonyl (C=O) groups is 1. The van der Waals surface area contributed by atoms with Crippen LogP contribution in [0.1, 0.15) is 41.4 Å². The van der Waals surface area contributed by atoms with Crippen LogP contribution in [0.4, 0.5) is 0 Å². The molecular formula is C18H21NO. The van der Waals surface area contributed by atoms with Crippen molar-refractivity contribution in [1.29, 1.82) is 0 Å². The smallest absolute Gasteiger partial charge is 0.251 e.